The van der Waals surface area contributed by atoms with Gasteiger partial charge in [0.1, 0.15) is 5.82 Å². The van der Waals surface area contributed by atoms with E-state index in [2.05, 4.69) is 5.32 Å². The van der Waals surface area contributed by atoms with E-state index in [1.807, 2.05) is 20.8 Å². The van der Waals surface area contributed by atoms with Crippen LogP contribution in [0.3, 0.4) is 0 Å². The van der Waals surface area contributed by atoms with Crippen LogP contribution in [0.1, 0.15) is 37.6 Å². The van der Waals surface area contributed by atoms with Gasteiger partial charge in [0.05, 0.1) is 17.2 Å². The second-order valence-electron chi connectivity index (χ2n) is 6.19. The number of nitrogens with one attached hydrogen (secondary N) is 1. The quantitative estimate of drug-likeness (QED) is 0.778. The van der Waals surface area contributed by atoms with E-state index < -0.39 is 23.6 Å². The van der Waals surface area contributed by atoms with Gasteiger partial charge in [0, 0.05) is 6.54 Å². The SMILES string of the molecule is CC(C)(C)CC(CN)C(=O)Nc1cc(C(=O)O)ccc1F. The van der Waals surface area contributed by atoms with E-state index in [-0.39, 0.29) is 23.2 Å². The summed E-state index contributed by atoms with van der Waals surface area (Å²) in [6.07, 6.45) is 0.551. The second-order valence-corrected chi connectivity index (χ2v) is 6.19. The maximum Gasteiger partial charge on any atom is 0.335 e. The Morgan fingerprint density at radius 2 is 2.00 bits per heavy atom. The molecule has 0 aliphatic rings. The number of carbonyl (C=O) groups is 2. The number of amides is 1. The predicted molar refractivity (Wildman–Crippen MR) is 78.6 cm³/mol. The van der Waals surface area contributed by atoms with Crippen LogP contribution in [0, 0.1) is 17.2 Å². The Balaban J connectivity index is 2.91. The van der Waals surface area contributed by atoms with Crippen LogP contribution in [0.25, 0.3) is 0 Å². The molecule has 0 heterocycles. The molecule has 0 spiro atoms. The van der Waals surface area contributed by atoms with E-state index >= 15 is 0 Å². The Morgan fingerprint density at radius 3 is 2.48 bits per heavy atom. The number of halogens is 1. The first-order valence-corrected chi connectivity index (χ1v) is 6.68. The molecule has 6 heteroatoms. The fraction of sp³-hybridized carbons (Fsp3) is 0.467. The number of carboxylic acid groups (broad SMARTS) is 1. The highest BCUT2D eigenvalue weighted by Gasteiger charge is 2.24. The van der Waals surface area contributed by atoms with Crippen LogP contribution in [0.4, 0.5) is 10.1 Å². The van der Waals surface area contributed by atoms with Crippen LogP contribution in [0.2, 0.25) is 0 Å². The summed E-state index contributed by atoms with van der Waals surface area (Å²) in [4.78, 5) is 23.0. The number of anilines is 1. The molecule has 4 N–H and O–H groups in total. The van der Waals surface area contributed by atoms with Crippen LogP contribution in [0.5, 0.6) is 0 Å². The van der Waals surface area contributed by atoms with Crippen molar-refractivity contribution in [2.24, 2.45) is 17.1 Å². The second kappa shape index (κ2) is 6.67. The molecule has 0 saturated heterocycles. The first-order chi connectivity index (χ1) is 9.64. The Kier molecular flexibility index (Phi) is 5.43. The molecule has 0 fully saturated rings. The van der Waals surface area contributed by atoms with E-state index in [1.165, 1.54) is 0 Å². The van der Waals surface area contributed by atoms with Crippen LogP contribution in [-0.4, -0.2) is 23.5 Å². The van der Waals surface area contributed by atoms with Crippen molar-refractivity contribution in [2.75, 3.05) is 11.9 Å². The summed E-state index contributed by atoms with van der Waals surface area (Å²) in [6.45, 7) is 6.08. The van der Waals surface area contributed by atoms with Crippen molar-refractivity contribution in [3.05, 3.63) is 29.6 Å². The zero-order valence-electron chi connectivity index (χ0n) is 12.4. The van der Waals surface area contributed by atoms with E-state index in [0.29, 0.717) is 6.42 Å². The number of hydrogen-bond acceptors (Lipinski definition) is 3. The predicted octanol–water partition coefficient (Wildman–Crippen LogP) is 2.47. The minimum absolute atomic E-state index is 0.0909. The van der Waals surface area contributed by atoms with Gasteiger partial charge in [-0.05, 0) is 30.0 Å². The summed E-state index contributed by atoms with van der Waals surface area (Å²) in [7, 11) is 0. The molecule has 1 atom stereocenters. The molecule has 0 aromatic heterocycles. The largest absolute Gasteiger partial charge is 0.478 e. The maximum absolute atomic E-state index is 13.7. The zero-order chi connectivity index (χ0) is 16.2. The Morgan fingerprint density at radius 1 is 1.38 bits per heavy atom. The van der Waals surface area contributed by atoms with Gasteiger partial charge in [-0.25, -0.2) is 9.18 Å². The number of aromatic carboxylic acids is 1. The number of benzene rings is 1. The first kappa shape index (κ1) is 17.1. The van der Waals surface area contributed by atoms with Gasteiger partial charge in [-0.2, -0.15) is 0 Å². The van der Waals surface area contributed by atoms with Crippen molar-refractivity contribution in [1.82, 2.24) is 0 Å². The Bertz CT molecular complexity index is 538. The third-order valence-electron chi connectivity index (χ3n) is 2.99. The number of carboxylic acids is 1. The standard InChI is InChI=1S/C15H21FN2O3/c1-15(2,3)7-10(8-17)13(19)18-12-6-9(14(20)21)4-5-11(12)16/h4-6,10H,7-8,17H2,1-3H3,(H,18,19)(H,20,21). The van der Waals surface area contributed by atoms with Gasteiger partial charge in [-0.3, -0.25) is 4.79 Å². The number of nitrogens with two attached hydrogens (primary N) is 1. The third-order valence-corrected chi connectivity index (χ3v) is 2.99. The molecule has 116 valence electrons. The summed E-state index contributed by atoms with van der Waals surface area (Å²) in [5.74, 6) is -2.73. The molecule has 5 nitrogen and oxygen atoms in total. The fourth-order valence-electron chi connectivity index (χ4n) is 2.01. The van der Waals surface area contributed by atoms with Crippen LogP contribution in [-0.2, 0) is 4.79 Å². The van der Waals surface area contributed by atoms with Gasteiger partial charge in [0.25, 0.3) is 0 Å². The van der Waals surface area contributed by atoms with E-state index in [4.69, 9.17) is 10.8 Å². The highest BCUT2D eigenvalue weighted by atomic mass is 19.1. The molecule has 1 amide bonds. The van der Waals surface area contributed by atoms with Crippen molar-refractivity contribution in [3.63, 3.8) is 0 Å². The average Bonchev–Trinajstić information content (AvgIpc) is 2.37. The third kappa shape index (κ3) is 5.15. The van der Waals surface area contributed by atoms with Gasteiger partial charge < -0.3 is 16.2 Å². The van der Waals surface area contributed by atoms with Crippen molar-refractivity contribution in [1.29, 1.82) is 0 Å². The average molecular weight is 296 g/mol. The molecular formula is C15H21FN2O3. The van der Waals surface area contributed by atoms with Crippen molar-refractivity contribution < 1.29 is 19.1 Å². The lowest BCUT2D eigenvalue weighted by molar-refractivity contribution is -0.120. The molecule has 21 heavy (non-hydrogen) atoms. The molecule has 0 saturated carbocycles. The van der Waals surface area contributed by atoms with Crippen LogP contribution < -0.4 is 11.1 Å². The molecule has 1 aromatic carbocycles. The zero-order valence-corrected chi connectivity index (χ0v) is 12.4. The summed E-state index contributed by atoms with van der Waals surface area (Å²) in [6, 6.07) is 3.25. The molecule has 0 radical (unpaired) electrons. The van der Waals surface area contributed by atoms with E-state index in [9.17, 15) is 14.0 Å². The monoisotopic (exact) mass is 296 g/mol. The summed E-state index contributed by atoms with van der Waals surface area (Å²) in [5, 5.41) is 11.3. The van der Waals surface area contributed by atoms with Crippen molar-refractivity contribution in [2.45, 2.75) is 27.2 Å². The van der Waals surface area contributed by atoms with E-state index in [1.54, 1.807) is 0 Å². The van der Waals surface area contributed by atoms with Gasteiger partial charge in [0.15, 0.2) is 0 Å². The topological polar surface area (TPSA) is 92.4 Å². The first-order valence-electron chi connectivity index (χ1n) is 6.68. The number of hydrogen-bond donors (Lipinski definition) is 3. The normalized spacial score (nSPS) is 12.8. The number of carbonyl (C=O) groups excluding carboxylic acids is 1. The molecule has 1 unspecified atom stereocenters. The minimum Gasteiger partial charge on any atom is -0.478 e. The van der Waals surface area contributed by atoms with Crippen molar-refractivity contribution >= 4 is 17.6 Å². The van der Waals surface area contributed by atoms with Crippen molar-refractivity contribution in [3.8, 4) is 0 Å². The fourth-order valence-corrected chi connectivity index (χ4v) is 2.01. The minimum atomic E-state index is -1.18. The lowest BCUT2D eigenvalue weighted by Gasteiger charge is -2.24. The molecule has 0 aliphatic heterocycles. The van der Waals surface area contributed by atoms with E-state index in [0.717, 1.165) is 18.2 Å². The summed E-state index contributed by atoms with van der Waals surface area (Å²) < 4.78 is 13.7. The summed E-state index contributed by atoms with van der Waals surface area (Å²) >= 11 is 0. The molecule has 1 aromatic rings. The highest BCUT2D eigenvalue weighted by molar-refractivity contribution is 5.95. The molecule has 1 rings (SSSR count). The molecule has 0 aliphatic carbocycles. The Hall–Kier alpha value is -1.95. The maximum atomic E-state index is 13.7. The summed E-state index contributed by atoms with van der Waals surface area (Å²) in [5.41, 5.74) is 5.27. The van der Waals surface area contributed by atoms with Gasteiger partial charge in [-0.1, -0.05) is 20.8 Å². The van der Waals surface area contributed by atoms with Crippen LogP contribution in [0.15, 0.2) is 18.2 Å². The lowest BCUT2D eigenvalue weighted by Crippen LogP contribution is -2.32. The Labute approximate surface area is 123 Å². The van der Waals surface area contributed by atoms with Gasteiger partial charge >= 0.3 is 5.97 Å². The highest BCUT2D eigenvalue weighted by Crippen LogP contribution is 2.25. The molecule has 0 bridgehead atoms. The van der Waals surface area contributed by atoms with Gasteiger partial charge in [0.2, 0.25) is 5.91 Å². The lowest BCUT2D eigenvalue weighted by atomic mass is 9.84. The number of rotatable bonds is 5. The van der Waals surface area contributed by atoms with Gasteiger partial charge in [-0.15, -0.1) is 0 Å². The van der Waals surface area contributed by atoms with Crippen LogP contribution >= 0.6 is 0 Å². The smallest absolute Gasteiger partial charge is 0.335 e. The molecular weight excluding hydrogens is 275 g/mol.